The lowest BCUT2D eigenvalue weighted by Crippen LogP contribution is -2.18. The van der Waals surface area contributed by atoms with E-state index in [0.29, 0.717) is 0 Å². The van der Waals surface area contributed by atoms with Crippen molar-refractivity contribution in [1.82, 2.24) is 5.32 Å². The summed E-state index contributed by atoms with van der Waals surface area (Å²) < 4.78 is 5.97. The zero-order valence-electron chi connectivity index (χ0n) is 8.02. The predicted molar refractivity (Wildman–Crippen MR) is 62.7 cm³/mol. The number of halogens is 2. The summed E-state index contributed by atoms with van der Waals surface area (Å²) in [5.41, 5.74) is 1.20. The molecule has 0 aliphatic carbocycles. The third-order valence-corrected chi connectivity index (χ3v) is 2.79. The van der Waals surface area contributed by atoms with Crippen LogP contribution in [-0.2, 0) is 11.3 Å². The Labute approximate surface area is 97.7 Å². The molecule has 78 valence electrons. The number of ether oxygens (including phenoxy) is 1. The van der Waals surface area contributed by atoms with Gasteiger partial charge in [0.15, 0.2) is 0 Å². The van der Waals surface area contributed by atoms with Gasteiger partial charge in [-0.25, -0.2) is 0 Å². The number of benzene rings is 1. The average molecular weight is 279 g/mol. The molecule has 0 spiro atoms. The second-order valence-corrected chi connectivity index (χ2v) is 4.20. The van der Waals surface area contributed by atoms with E-state index in [1.54, 1.807) is 7.11 Å². The van der Waals surface area contributed by atoms with Crippen LogP contribution in [0.4, 0.5) is 0 Å². The van der Waals surface area contributed by atoms with Crippen molar-refractivity contribution in [2.24, 2.45) is 0 Å². The Morgan fingerprint density at radius 3 is 2.93 bits per heavy atom. The average Bonchev–Trinajstić information content (AvgIpc) is 2.15. The van der Waals surface area contributed by atoms with E-state index in [0.717, 1.165) is 29.2 Å². The standard InChI is InChI=1S/C10H13BrClNO/c1-14-5-4-13-7-8-2-3-9(12)6-10(8)11/h2-3,6,13H,4-5,7H2,1H3. The van der Waals surface area contributed by atoms with Crippen LogP contribution in [0.3, 0.4) is 0 Å². The molecule has 1 N–H and O–H groups in total. The smallest absolute Gasteiger partial charge is 0.0587 e. The maximum atomic E-state index is 5.83. The Kier molecular flexibility index (Phi) is 5.48. The third kappa shape index (κ3) is 3.96. The molecule has 0 amide bonds. The molecule has 0 aromatic heterocycles. The highest BCUT2D eigenvalue weighted by Gasteiger charge is 1.99. The summed E-state index contributed by atoms with van der Waals surface area (Å²) in [5.74, 6) is 0. The summed E-state index contributed by atoms with van der Waals surface area (Å²) in [6.07, 6.45) is 0. The van der Waals surface area contributed by atoms with Gasteiger partial charge < -0.3 is 10.1 Å². The van der Waals surface area contributed by atoms with Crippen LogP contribution in [0.5, 0.6) is 0 Å². The van der Waals surface area contributed by atoms with Crippen molar-refractivity contribution in [1.29, 1.82) is 0 Å². The fourth-order valence-corrected chi connectivity index (χ4v) is 1.89. The molecule has 0 atom stereocenters. The molecule has 0 heterocycles. The second kappa shape index (κ2) is 6.40. The van der Waals surface area contributed by atoms with Crippen molar-refractivity contribution >= 4 is 27.5 Å². The maximum absolute atomic E-state index is 5.83. The van der Waals surface area contributed by atoms with Crippen LogP contribution in [0.1, 0.15) is 5.56 Å². The van der Waals surface area contributed by atoms with Gasteiger partial charge in [0, 0.05) is 29.7 Å². The molecular weight excluding hydrogens is 265 g/mol. The SMILES string of the molecule is COCCNCc1ccc(Cl)cc1Br. The van der Waals surface area contributed by atoms with Crippen LogP contribution in [-0.4, -0.2) is 20.3 Å². The summed E-state index contributed by atoms with van der Waals surface area (Å²) in [6, 6.07) is 5.79. The molecule has 0 radical (unpaired) electrons. The molecule has 1 aromatic rings. The first kappa shape index (κ1) is 12.0. The number of hydrogen-bond donors (Lipinski definition) is 1. The summed E-state index contributed by atoms with van der Waals surface area (Å²) in [7, 11) is 1.69. The molecule has 2 nitrogen and oxygen atoms in total. The molecule has 0 unspecified atom stereocenters. The molecule has 0 aliphatic rings. The lowest BCUT2D eigenvalue weighted by atomic mass is 10.2. The predicted octanol–water partition coefficient (Wildman–Crippen LogP) is 2.84. The first-order chi connectivity index (χ1) is 6.74. The van der Waals surface area contributed by atoms with Gasteiger partial charge in [-0.3, -0.25) is 0 Å². The number of rotatable bonds is 5. The Morgan fingerprint density at radius 1 is 1.50 bits per heavy atom. The van der Waals surface area contributed by atoms with Crippen LogP contribution in [0.25, 0.3) is 0 Å². The first-order valence-corrected chi connectivity index (χ1v) is 5.54. The van der Waals surface area contributed by atoms with E-state index in [4.69, 9.17) is 16.3 Å². The van der Waals surface area contributed by atoms with E-state index in [2.05, 4.69) is 21.2 Å². The topological polar surface area (TPSA) is 21.3 Å². The Bertz CT molecular complexity index is 293. The number of hydrogen-bond acceptors (Lipinski definition) is 2. The molecule has 1 aromatic carbocycles. The molecule has 0 aliphatic heterocycles. The van der Waals surface area contributed by atoms with Gasteiger partial charge in [0.05, 0.1) is 6.61 Å². The third-order valence-electron chi connectivity index (χ3n) is 1.81. The highest BCUT2D eigenvalue weighted by atomic mass is 79.9. The van der Waals surface area contributed by atoms with Gasteiger partial charge in [0.25, 0.3) is 0 Å². The molecule has 1 rings (SSSR count). The van der Waals surface area contributed by atoms with Crippen LogP contribution < -0.4 is 5.32 Å². The fraction of sp³-hybridized carbons (Fsp3) is 0.400. The van der Waals surface area contributed by atoms with E-state index in [-0.39, 0.29) is 0 Å². The van der Waals surface area contributed by atoms with E-state index < -0.39 is 0 Å². The summed E-state index contributed by atoms with van der Waals surface area (Å²) in [4.78, 5) is 0. The molecule has 0 bridgehead atoms. The molecule has 0 fully saturated rings. The first-order valence-electron chi connectivity index (χ1n) is 4.37. The van der Waals surface area contributed by atoms with Crippen LogP contribution in [0.15, 0.2) is 22.7 Å². The molecule has 4 heteroatoms. The highest BCUT2D eigenvalue weighted by molar-refractivity contribution is 9.10. The Morgan fingerprint density at radius 2 is 2.29 bits per heavy atom. The van der Waals surface area contributed by atoms with E-state index in [1.807, 2.05) is 18.2 Å². The Hall–Kier alpha value is -0.0900. The molecule has 14 heavy (non-hydrogen) atoms. The van der Waals surface area contributed by atoms with Crippen molar-refractivity contribution in [3.63, 3.8) is 0 Å². The van der Waals surface area contributed by atoms with Gasteiger partial charge in [-0.05, 0) is 17.7 Å². The van der Waals surface area contributed by atoms with Crippen molar-refractivity contribution in [3.05, 3.63) is 33.3 Å². The van der Waals surface area contributed by atoms with Crippen molar-refractivity contribution in [3.8, 4) is 0 Å². The Balaban J connectivity index is 2.42. The lowest BCUT2D eigenvalue weighted by Gasteiger charge is -2.06. The molecule has 0 saturated heterocycles. The van der Waals surface area contributed by atoms with Crippen molar-refractivity contribution in [2.45, 2.75) is 6.54 Å². The normalized spacial score (nSPS) is 10.5. The second-order valence-electron chi connectivity index (χ2n) is 2.91. The quantitative estimate of drug-likeness (QED) is 0.836. The summed E-state index contributed by atoms with van der Waals surface area (Å²) in [5, 5.41) is 4.01. The van der Waals surface area contributed by atoms with E-state index in [1.165, 1.54) is 5.56 Å². The zero-order valence-corrected chi connectivity index (χ0v) is 10.4. The van der Waals surface area contributed by atoms with Gasteiger partial charge in [0.2, 0.25) is 0 Å². The minimum atomic E-state index is 0.727. The van der Waals surface area contributed by atoms with Crippen LogP contribution >= 0.6 is 27.5 Å². The zero-order chi connectivity index (χ0) is 10.4. The number of nitrogens with one attached hydrogen (secondary N) is 1. The van der Waals surface area contributed by atoms with Gasteiger partial charge in [0.1, 0.15) is 0 Å². The minimum absolute atomic E-state index is 0.727. The lowest BCUT2D eigenvalue weighted by molar-refractivity contribution is 0.199. The van der Waals surface area contributed by atoms with E-state index >= 15 is 0 Å². The highest BCUT2D eigenvalue weighted by Crippen LogP contribution is 2.21. The summed E-state index contributed by atoms with van der Waals surface area (Å²) in [6.45, 7) is 2.40. The fourth-order valence-electron chi connectivity index (χ4n) is 1.06. The summed E-state index contributed by atoms with van der Waals surface area (Å²) >= 11 is 9.29. The minimum Gasteiger partial charge on any atom is -0.383 e. The maximum Gasteiger partial charge on any atom is 0.0587 e. The number of methoxy groups -OCH3 is 1. The largest absolute Gasteiger partial charge is 0.383 e. The van der Waals surface area contributed by atoms with Gasteiger partial charge in [-0.2, -0.15) is 0 Å². The van der Waals surface area contributed by atoms with Crippen LogP contribution in [0.2, 0.25) is 5.02 Å². The van der Waals surface area contributed by atoms with Gasteiger partial charge in [-0.1, -0.05) is 33.6 Å². The van der Waals surface area contributed by atoms with Gasteiger partial charge >= 0.3 is 0 Å². The monoisotopic (exact) mass is 277 g/mol. The van der Waals surface area contributed by atoms with Crippen LogP contribution in [0, 0.1) is 0 Å². The van der Waals surface area contributed by atoms with Crippen molar-refractivity contribution in [2.75, 3.05) is 20.3 Å². The molecule has 0 saturated carbocycles. The van der Waals surface area contributed by atoms with Crippen molar-refractivity contribution < 1.29 is 4.74 Å². The van der Waals surface area contributed by atoms with Gasteiger partial charge in [-0.15, -0.1) is 0 Å². The molecular formula is C10H13BrClNO. The van der Waals surface area contributed by atoms with E-state index in [9.17, 15) is 0 Å².